The van der Waals surface area contributed by atoms with Crippen LogP contribution in [0.3, 0.4) is 0 Å². The second-order valence-electron chi connectivity index (χ2n) is 5.45. The predicted octanol–water partition coefficient (Wildman–Crippen LogP) is 2.46. The standard InChI is InChI=1S/C16H22N2O4/c19-15(18(21)14-9-5-2-6-10-14)11-17-16(20)22-12-13-7-3-1-4-8-13/h1,3-4,7-8,14,21H,2,5-6,9-12H2,(H,17,20). The Hall–Kier alpha value is -2.08. The number of carbonyl (C=O) groups excluding carboxylic acids is 2. The summed E-state index contributed by atoms with van der Waals surface area (Å²) in [5.41, 5.74) is 0.870. The van der Waals surface area contributed by atoms with Gasteiger partial charge in [0.15, 0.2) is 0 Å². The summed E-state index contributed by atoms with van der Waals surface area (Å²) in [6.07, 6.45) is 4.11. The molecule has 2 rings (SSSR count). The summed E-state index contributed by atoms with van der Waals surface area (Å²) in [4.78, 5) is 23.4. The van der Waals surface area contributed by atoms with Crippen molar-refractivity contribution in [3.63, 3.8) is 0 Å². The molecule has 0 radical (unpaired) electrons. The Morgan fingerprint density at radius 3 is 2.55 bits per heavy atom. The van der Waals surface area contributed by atoms with Gasteiger partial charge in [-0.1, -0.05) is 49.6 Å². The maximum atomic E-state index is 11.8. The lowest BCUT2D eigenvalue weighted by Gasteiger charge is -2.29. The SMILES string of the molecule is O=C(NCC(=O)N(O)C1CCCCC1)OCc1ccccc1. The highest BCUT2D eigenvalue weighted by atomic mass is 16.5. The Labute approximate surface area is 130 Å². The van der Waals surface area contributed by atoms with Gasteiger partial charge in [-0.05, 0) is 18.4 Å². The Kier molecular flexibility index (Phi) is 6.21. The van der Waals surface area contributed by atoms with Crippen LogP contribution in [0.25, 0.3) is 0 Å². The first-order valence-electron chi connectivity index (χ1n) is 7.62. The number of carbonyl (C=O) groups is 2. The maximum Gasteiger partial charge on any atom is 0.407 e. The number of nitrogens with zero attached hydrogens (tertiary/aromatic N) is 1. The first kappa shape index (κ1) is 16.3. The normalized spacial score (nSPS) is 15.1. The van der Waals surface area contributed by atoms with Gasteiger partial charge in [0.25, 0.3) is 5.91 Å². The van der Waals surface area contributed by atoms with Crippen molar-refractivity contribution in [2.75, 3.05) is 6.54 Å². The third-order valence-electron chi connectivity index (χ3n) is 3.77. The van der Waals surface area contributed by atoms with E-state index in [1.165, 1.54) is 0 Å². The Balaban J connectivity index is 1.67. The molecule has 0 atom stereocenters. The van der Waals surface area contributed by atoms with Gasteiger partial charge >= 0.3 is 6.09 Å². The number of nitrogens with one attached hydrogen (secondary N) is 1. The summed E-state index contributed by atoms with van der Waals surface area (Å²) in [6, 6.07) is 9.14. The van der Waals surface area contributed by atoms with E-state index in [0.29, 0.717) is 0 Å². The maximum absolute atomic E-state index is 11.8. The number of hydrogen-bond acceptors (Lipinski definition) is 4. The largest absolute Gasteiger partial charge is 0.445 e. The summed E-state index contributed by atoms with van der Waals surface area (Å²) in [5, 5.41) is 13.0. The molecule has 6 heteroatoms. The molecule has 1 aromatic carbocycles. The van der Waals surface area contributed by atoms with Gasteiger partial charge in [-0.15, -0.1) is 0 Å². The lowest BCUT2D eigenvalue weighted by Crippen LogP contribution is -2.44. The number of benzene rings is 1. The molecule has 0 spiro atoms. The lowest BCUT2D eigenvalue weighted by molar-refractivity contribution is -0.177. The molecule has 1 aliphatic rings. The topological polar surface area (TPSA) is 78.9 Å². The number of ether oxygens (including phenoxy) is 1. The zero-order valence-corrected chi connectivity index (χ0v) is 12.5. The molecule has 120 valence electrons. The predicted molar refractivity (Wildman–Crippen MR) is 80.1 cm³/mol. The fourth-order valence-electron chi connectivity index (χ4n) is 2.53. The van der Waals surface area contributed by atoms with Crippen LogP contribution in [-0.4, -0.2) is 34.9 Å². The summed E-state index contributed by atoms with van der Waals surface area (Å²) >= 11 is 0. The van der Waals surface area contributed by atoms with E-state index < -0.39 is 12.0 Å². The Morgan fingerprint density at radius 2 is 1.86 bits per heavy atom. The van der Waals surface area contributed by atoms with Crippen LogP contribution in [0.5, 0.6) is 0 Å². The highest BCUT2D eigenvalue weighted by molar-refractivity contribution is 5.81. The molecule has 1 aromatic rings. The van der Waals surface area contributed by atoms with E-state index in [4.69, 9.17) is 4.74 Å². The first-order valence-corrected chi connectivity index (χ1v) is 7.62. The number of hydroxylamine groups is 2. The number of rotatable bonds is 5. The second kappa shape index (κ2) is 8.38. The van der Waals surface area contributed by atoms with E-state index in [9.17, 15) is 14.8 Å². The molecule has 0 aliphatic heterocycles. The minimum Gasteiger partial charge on any atom is -0.445 e. The minimum atomic E-state index is -0.672. The molecule has 0 aromatic heterocycles. The highest BCUT2D eigenvalue weighted by Crippen LogP contribution is 2.21. The molecule has 0 saturated heterocycles. The summed E-state index contributed by atoms with van der Waals surface area (Å²) in [7, 11) is 0. The first-order chi connectivity index (χ1) is 10.7. The number of hydrogen-bond donors (Lipinski definition) is 2. The van der Waals surface area contributed by atoms with E-state index in [1.54, 1.807) is 0 Å². The van der Waals surface area contributed by atoms with Gasteiger partial charge in [-0.2, -0.15) is 0 Å². The lowest BCUT2D eigenvalue weighted by atomic mass is 9.95. The molecule has 22 heavy (non-hydrogen) atoms. The molecule has 0 bridgehead atoms. The quantitative estimate of drug-likeness (QED) is 0.647. The summed E-state index contributed by atoms with van der Waals surface area (Å²) < 4.78 is 5.00. The van der Waals surface area contributed by atoms with Crippen molar-refractivity contribution < 1.29 is 19.5 Å². The van der Waals surface area contributed by atoms with Crippen molar-refractivity contribution >= 4 is 12.0 Å². The fourth-order valence-corrected chi connectivity index (χ4v) is 2.53. The number of amides is 2. The van der Waals surface area contributed by atoms with Crippen LogP contribution in [0.2, 0.25) is 0 Å². The van der Waals surface area contributed by atoms with Crippen LogP contribution in [0.4, 0.5) is 4.79 Å². The van der Waals surface area contributed by atoms with Crippen LogP contribution in [0.15, 0.2) is 30.3 Å². The molecular formula is C16H22N2O4. The molecule has 1 fully saturated rings. The number of alkyl carbamates (subject to hydrolysis) is 1. The van der Waals surface area contributed by atoms with Gasteiger partial charge in [0, 0.05) is 0 Å². The third kappa shape index (κ3) is 5.04. The van der Waals surface area contributed by atoms with Gasteiger partial charge in [-0.3, -0.25) is 10.0 Å². The van der Waals surface area contributed by atoms with Gasteiger partial charge < -0.3 is 10.1 Å². The molecule has 0 unspecified atom stereocenters. The van der Waals surface area contributed by atoms with E-state index in [0.717, 1.165) is 42.7 Å². The van der Waals surface area contributed by atoms with E-state index in [2.05, 4.69) is 5.32 Å². The monoisotopic (exact) mass is 306 g/mol. The van der Waals surface area contributed by atoms with Crippen molar-refractivity contribution in [1.29, 1.82) is 0 Å². The molecule has 0 heterocycles. The van der Waals surface area contributed by atoms with Crippen LogP contribution in [0, 0.1) is 0 Å². The average molecular weight is 306 g/mol. The fraction of sp³-hybridized carbons (Fsp3) is 0.500. The summed E-state index contributed by atoms with van der Waals surface area (Å²) in [5.74, 6) is -0.511. The van der Waals surface area contributed by atoms with Crippen LogP contribution in [-0.2, 0) is 16.1 Å². The third-order valence-corrected chi connectivity index (χ3v) is 3.77. The molecular weight excluding hydrogens is 284 g/mol. The van der Waals surface area contributed by atoms with Crippen molar-refractivity contribution in [2.24, 2.45) is 0 Å². The van der Waals surface area contributed by atoms with Crippen LogP contribution in [0.1, 0.15) is 37.7 Å². The van der Waals surface area contributed by atoms with E-state index in [-0.39, 0.29) is 19.2 Å². The molecule has 2 N–H and O–H groups in total. The van der Waals surface area contributed by atoms with Crippen LogP contribution < -0.4 is 5.32 Å². The average Bonchev–Trinajstić information content (AvgIpc) is 2.58. The van der Waals surface area contributed by atoms with Gasteiger partial charge in [-0.25, -0.2) is 9.86 Å². The second-order valence-corrected chi connectivity index (χ2v) is 5.45. The van der Waals surface area contributed by atoms with E-state index in [1.807, 2.05) is 30.3 Å². The van der Waals surface area contributed by atoms with Crippen LogP contribution >= 0.6 is 0 Å². The van der Waals surface area contributed by atoms with E-state index >= 15 is 0 Å². The van der Waals surface area contributed by atoms with Crippen molar-refractivity contribution in [2.45, 2.75) is 44.8 Å². The zero-order chi connectivity index (χ0) is 15.8. The zero-order valence-electron chi connectivity index (χ0n) is 12.5. The highest BCUT2D eigenvalue weighted by Gasteiger charge is 2.24. The Morgan fingerprint density at radius 1 is 1.18 bits per heavy atom. The smallest absolute Gasteiger partial charge is 0.407 e. The summed E-state index contributed by atoms with van der Waals surface area (Å²) in [6.45, 7) is -0.118. The minimum absolute atomic E-state index is 0.136. The Bertz CT molecular complexity index is 486. The van der Waals surface area contributed by atoms with Crippen molar-refractivity contribution in [1.82, 2.24) is 10.4 Å². The van der Waals surface area contributed by atoms with Crippen molar-refractivity contribution in [3.8, 4) is 0 Å². The van der Waals surface area contributed by atoms with Gasteiger partial charge in [0.05, 0.1) is 6.04 Å². The van der Waals surface area contributed by atoms with Gasteiger partial charge in [0.1, 0.15) is 13.2 Å². The molecule has 2 amide bonds. The van der Waals surface area contributed by atoms with Gasteiger partial charge in [0.2, 0.25) is 0 Å². The molecule has 1 aliphatic carbocycles. The molecule has 6 nitrogen and oxygen atoms in total. The molecule has 1 saturated carbocycles. The van der Waals surface area contributed by atoms with Crippen molar-refractivity contribution in [3.05, 3.63) is 35.9 Å².